The molecular formula is C18H19ClN2O4. The molecule has 0 aliphatic rings. The Morgan fingerprint density at radius 1 is 1.24 bits per heavy atom. The monoisotopic (exact) mass is 362 g/mol. The van der Waals surface area contributed by atoms with Gasteiger partial charge in [0.2, 0.25) is 0 Å². The van der Waals surface area contributed by atoms with E-state index in [0.717, 1.165) is 12.0 Å². The number of benzene rings is 2. The second-order valence-electron chi connectivity index (χ2n) is 5.53. The lowest BCUT2D eigenvalue weighted by Gasteiger charge is -2.19. The number of aryl methyl sites for hydroxylation is 1. The SMILES string of the molecule is CCc1ccccc1OCC(=O)N(C)Cc1cc([N+](=O)[O-])ccc1Cl. The molecule has 7 heteroatoms. The topological polar surface area (TPSA) is 72.7 Å². The van der Waals surface area contributed by atoms with Crippen molar-refractivity contribution in [3.8, 4) is 5.75 Å². The Kier molecular flexibility index (Phi) is 6.36. The Labute approximate surface area is 151 Å². The molecule has 6 nitrogen and oxygen atoms in total. The summed E-state index contributed by atoms with van der Waals surface area (Å²) < 4.78 is 5.61. The molecule has 0 spiro atoms. The van der Waals surface area contributed by atoms with Crippen molar-refractivity contribution < 1.29 is 14.5 Å². The van der Waals surface area contributed by atoms with E-state index in [1.165, 1.54) is 23.1 Å². The summed E-state index contributed by atoms with van der Waals surface area (Å²) in [5, 5.41) is 11.2. The fourth-order valence-electron chi connectivity index (χ4n) is 2.33. The maximum absolute atomic E-state index is 12.3. The fourth-order valence-corrected chi connectivity index (χ4v) is 2.50. The van der Waals surface area contributed by atoms with Crippen molar-refractivity contribution in [3.05, 3.63) is 68.7 Å². The first-order chi connectivity index (χ1) is 11.9. The van der Waals surface area contributed by atoms with Gasteiger partial charge in [0.05, 0.1) is 4.92 Å². The number of nitrogens with zero attached hydrogens (tertiary/aromatic N) is 2. The van der Waals surface area contributed by atoms with Gasteiger partial charge in [0.25, 0.3) is 11.6 Å². The van der Waals surface area contributed by atoms with Crippen LogP contribution in [0.4, 0.5) is 5.69 Å². The Balaban J connectivity index is 2.01. The quantitative estimate of drug-likeness (QED) is 0.554. The second-order valence-corrected chi connectivity index (χ2v) is 5.94. The normalized spacial score (nSPS) is 10.4. The standard InChI is InChI=1S/C18H19ClN2O4/c1-3-13-6-4-5-7-17(13)25-12-18(22)20(2)11-14-10-15(21(23)24)8-9-16(14)19/h4-10H,3,11-12H2,1-2H3. The number of hydrogen-bond donors (Lipinski definition) is 0. The zero-order valence-electron chi connectivity index (χ0n) is 14.1. The number of ether oxygens (including phenoxy) is 1. The number of likely N-dealkylation sites (N-methyl/N-ethyl adjacent to an activating group) is 1. The van der Waals surface area contributed by atoms with Crippen molar-refractivity contribution in [2.75, 3.05) is 13.7 Å². The number of non-ortho nitro benzene ring substituents is 1. The van der Waals surface area contributed by atoms with Crippen LogP contribution in [0.3, 0.4) is 0 Å². The first-order valence-electron chi connectivity index (χ1n) is 7.79. The number of carbonyl (C=O) groups is 1. The van der Waals surface area contributed by atoms with E-state index in [4.69, 9.17) is 16.3 Å². The highest BCUT2D eigenvalue weighted by molar-refractivity contribution is 6.31. The van der Waals surface area contributed by atoms with Crippen LogP contribution in [0.25, 0.3) is 0 Å². The zero-order chi connectivity index (χ0) is 18.4. The number of para-hydroxylation sites is 1. The third kappa shape index (κ3) is 4.93. The molecule has 0 heterocycles. The number of hydrogen-bond acceptors (Lipinski definition) is 4. The minimum absolute atomic E-state index is 0.0617. The number of nitro benzene ring substituents is 1. The van der Waals surface area contributed by atoms with Crippen LogP contribution < -0.4 is 4.74 Å². The average Bonchev–Trinajstić information content (AvgIpc) is 2.61. The molecule has 0 N–H and O–H groups in total. The van der Waals surface area contributed by atoms with Crippen LogP contribution in [0, 0.1) is 10.1 Å². The third-order valence-electron chi connectivity index (χ3n) is 3.78. The number of carbonyl (C=O) groups excluding carboxylic acids is 1. The minimum Gasteiger partial charge on any atom is -0.483 e. The van der Waals surface area contributed by atoms with E-state index < -0.39 is 4.92 Å². The molecule has 2 aromatic rings. The van der Waals surface area contributed by atoms with Gasteiger partial charge >= 0.3 is 0 Å². The Morgan fingerprint density at radius 3 is 2.64 bits per heavy atom. The lowest BCUT2D eigenvalue weighted by molar-refractivity contribution is -0.384. The van der Waals surface area contributed by atoms with Gasteiger partial charge in [0.1, 0.15) is 5.75 Å². The van der Waals surface area contributed by atoms with Crippen molar-refractivity contribution in [3.63, 3.8) is 0 Å². The van der Waals surface area contributed by atoms with Crippen LogP contribution in [-0.2, 0) is 17.8 Å². The smallest absolute Gasteiger partial charge is 0.269 e. The molecule has 0 fully saturated rings. The second kappa shape index (κ2) is 8.48. The van der Waals surface area contributed by atoms with E-state index in [0.29, 0.717) is 16.3 Å². The van der Waals surface area contributed by atoms with Gasteiger partial charge in [-0.05, 0) is 29.7 Å². The molecular weight excluding hydrogens is 344 g/mol. The summed E-state index contributed by atoms with van der Waals surface area (Å²) in [5.74, 6) is 0.439. The predicted octanol–water partition coefficient (Wildman–Crippen LogP) is 3.85. The van der Waals surface area contributed by atoms with Crippen LogP contribution in [0.15, 0.2) is 42.5 Å². The summed E-state index contributed by atoms with van der Waals surface area (Å²) in [5.41, 5.74) is 1.48. The summed E-state index contributed by atoms with van der Waals surface area (Å²) in [6.45, 7) is 2.07. The highest BCUT2D eigenvalue weighted by Crippen LogP contribution is 2.23. The average molecular weight is 363 g/mol. The van der Waals surface area contributed by atoms with Crippen molar-refractivity contribution in [2.45, 2.75) is 19.9 Å². The molecule has 0 aliphatic carbocycles. The Bertz CT molecular complexity index is 779. The van der Waals surface area contributed by atoms with Crippen LogP contribution in [0.5, 0.6) is 5.75 Å². The fraction of sp³-hybridized carbons (Fsp3) is 0.278. The summed E-state index contributed by atoms with van der Waals surface area (Å²) in [4.78, 5) is 24.1. The highest BCUT2D eigenvalue weighted by Gasteiger charge is 2.15. The summed E-state index contributed by atoms with van der Waals surface area (Å²) in [6.07, 6.45) is 0.809. The summed E-state index contributed by atoms with van der Waals surface area (Å²) >= 11 is 6.07. The molecule has 1 amide bonds. The number of rotatable bonds is 7. The Morgan fingerprint density at radius 2 is 1.96 bits per heavy atom. The molecule has 2 aromatic carbocycles. The summed E-state index contributed by atoms with van der Waals surface area (Å²) in [6, 6.07) is 11.7. The maximum atomic E-state index is 12.3. The summed E-state index contributed by atoms with van der Waals surface area (Å²) in [7, 11) is 1.60. The predicted molar refractivity (Wildman–Crippen MR) is 95.9 cm³/mol. The highest BCUT2D eigenvalue weighted by atomic mass is 35.5. The zero-order valence-corrected chi connectivity index (χ0v) is 14.8. The van der Waals surface area contributed by atoms with Crippen molar-refractivity contribution in [1.82, 2.24) is 4.90 Å². The van der Waals surface area contributed by atoms with Crippen molar-refractivity contribution in [1.29, 1.82) is 0 Å². The molecule has 0 aliphatic heterocycles. The van der Waals surface area contributed by atoms with Gasteiger partial charge in [-0.25, -0.2) is 0 Å². The van der Waals surface area contributed by atoms with Crippen molar-refractivity contribution in [2.24, 2.45) is 0 Å². The van der Waals surface area contributed by atoms with E-state index in [1.807, 2.05) is 31.2 Å². The molecule has 132 valence electrons. The molecule has 0 saturated heterocycles. The van der Waals surface area contributed by atoms with E-state index in [9.17, 15) is 14.9 Å². The van der Waals surface area contributed by atoms with E-state index >= 15 is 0 Å². The third-order valence-corrected chi connectivity index (χ3v) is 4.15. The molecule has 0 aromatic heterocycles. The molecule has 0 bridgehead atoms. The van der Waals surface area contributed by atoms with Gasteiger partial charge in [-0.1, -0.05) is 36.7 Å². The van der Waals surface area contributed by atoms with Crippen LogP contribution in [0.2, 0.25) is 5.02 Å². The van der Waals surface area contributed by atoms with Gasteiger partial charge in [-0.2, -0.15) is 0 Å². The van der Waals surface area contributed by atoms with Crippen LogP contribution in [-0.4, -0.2) is 29.4 Å². The van der Waals surface area contributed by atoms with E-state index in [2.05, 4.69) is 0 Å². The maximum Gasteiger partial charge on any atom is 0.269 e. The molecule has 0 atom stereocenters. The molecule has 2 rings (SSSR count). The molecule has 0 radical (unpaired) electrons. The van der Waals surface area contributed by atoms with Gasteiger partial charge in [0.15, 0.2) is 6.61 Å². The molecule has 0 saturated carbocycles. The number of amides is 1. The number of halogens is 1. The Hall–Kier alpha value is -2.60. The van der Waals surface area contributed by atoms with Gasteiger partial charge in [-0.15, -0.1) is 0 Å². The van der Waals surface area contributed by atoms with Gasteiger partial charge in [-0.3, -0.25) is 14.9 Å². The lowest BCUT2D eigenvalue weighted by atomic mass is 10.1. The van der Waals surface area contributed by atoms with E-state index in [-0.39, 0.29) is 24.7 Å². The first kappa shape index (κ1) is 18.7. The minimum atomic E-state index is -0.494. The molecule has 25 heavy (non-hydrogen) atoms. The van der Waals surface area contributed by atoms with Crippen LogP contribution in [0.1, 0.15) is 18.1 Å². The molecule has 0 unspecified atom stereocenters. The van der Waals surface area contributed by atoms with Gasteiger partial charge < -0.3 is 9.64 Å². The largest absolute Gasteiger partial charge is 0.483 e. The van der Waals surface area contributed by atoms with E-state index in [1.54, 1.807) is 7.05 Å². The van der Waals surface area contributed by atoms with Crippen LogP contribution >= 0.6 is 11.6 Å². The lowest BCUT2D eigenvalue weighted by Crippen LogP contribution is -2.31. The first-order valence-corrected chi connectivity index (χ1v) is 8.17. The number of nitro groups is 1. The van der Waals surface area contributed by atoms with Crippen molar-refractivity contribution >= 4 is 23.2 Å². The van der Waals surface area contributed by atoms with Gasteiger partial charge in [0, 0.05) is 30.7 Å².